The van der Waals surface area contributed by atoms with Crippen LogP contribution in [0.2, 0.25) is 10.2 Å². The van der Waals surface area contributed by atoms with E-state index in [1.807, 2.05) is 6.07 Å². The molecule has 3 rings (SSSR count). The molecule has 0 saturated heterocycles. The molecule has 0 saturated carbocycles. The largest absolute Gasteiger partial charge is 0.347 e. The van der Waals surface area contributed by atoms with Crippen LogP contribution in [-0.4, -0.2) is 9.78 Å². The third kappa shape index (κ3) is 1.63. The molecule has 0 fully saturated rings. The highest BCUT2D eigenvalue weighted by molar-refractivity contribution is 6.31. The van der Waals surface area contributed by atoms with Crippen LogP contribution in [0.4, 0.5) is 22.9 Å². The maximum absolute atomic E-state index is 11.9. The number of fused-ring (bicyclic) bond motifs is 2. The van der Waals surface area contributed by atoms with Crippen molar-refractivity contribution in [2.45, 2.75) is 0 Å². The summed E-state index contributed by atoms with van der Waals surface area (Å²) in [4.78, 5) is 11.9. The summed E-state index contributed by atoms with van der Waals surface area (Å²) >= 11 is 11.7. The molecule has 2 heterocycles. The molecule has 1 aliphatic heterocycles. The first-order valence-corrected chi connectivity index (χ1v) is 5.92. The SMILES string of the molecule is Cn1nc(Cl)c(=O)c2c1Nc1ccc(Cl)cc1N2. The van der Waals surface area contributed by atoms with Gasteiger partial charge in [0.2, 0.25) is 5.43 Å². The first-order valence-electron chi connectivity index (χ1n) is 5.16. The molecule has 5 nitrogen and oxygen atoms in total. The third-order valence-electron chi connectivity index (χ3n) is 2.71. The molecule has 1 aromatic heterocycles. The minimum Gasteiger partial charge on any atom is -0.347 e. The molecule has 0 aliphatic carbocycles. The van der Waals surface area contributed by atoms with E-state index in [2.05, 4.69) is 15.7 Å². The summed E-state index contributed by atoms with van der Waals surface area (Å²) in [5, 5.41) is 10.6. The summed E-state index contributed by atoms with van der Waals surface area (Å²) in [5.41, 5.74) is 1.58. The Kier molecular flexibility index (Phi) is 2.46. The second-order valence-corrected chi connectivity index (χ2v) is 4.70. The van der Waals surface area contributed by atoms with Crippen LogP contribution in [0.25, 0.3) is 0 Å². The minimum absolute atomic E-state index is 0.0731. The molecule has 0 amide bonds. The molecule has 2 aromatic rings. The topological polar surface area (TPSA) is 59.0 Å². The third-order valence-corrected chi connectivity index (χ3v) is 3.19. The van der Waals surface area contributed by atoms with E-state index >= 15 is 0 Å². The number of aryl methyl sites for hydroxylation is 1. The molecule has 2 N–H and O–H groups in total. The molecule has 1 aliphatic rings. The van der Waals surface area contributed by atoms with E-state index in [9.17, 15) is 4.79 Å². The van der Waals surface area contributed by atoms with Gasteiger partial charge < -0.3 is 10.6 Å². The van der Waals surface area contributed by atoms with Crippen LogP contribution in [0.15, 0.2) is 23.0 Å². The van der Waals surface area contributed by atoms with E-state index in [0.29, 0.717) is 16.5 Å². The van der Waals surface area contributed by atoms with E-state index in [1.165, 1.54) is 4.68 Å². The average Bonchev–Trinajstić information content (AvgIpc) is 2.34. The van der Waals surface area contributed by atoms with E-state index in [4.69, 9.17) is 23.2 Å². The van der Waals surface area contributed by atoms with Crippen molar-refractivity contribution >= 4 is 46.1 Å². The van der Waals surface area contributed by atoms with Crippen molar-refractivity contribution in [3.63, 3.8) is 0 Å². The number of rotatable bonds is 0. The minimum atomic E-state index is -0.345. The summed E-state index contributed by atoms with van der Waals surface area (Å²) in [6.45, 7) is 0. The number of hydrogen-bond donors (Lipinski definition) is 2. The molecule has 92 valence electrons. The van der Waals surface area contributed by atoms with Crippen molar-refractivity contribution in [1.82, 2.24) is 9.78 Å². The molecule has 0 unspecified atom stereocenters. The molecule has 0 spiro atoms. The van der Waals surface area contributed by atoms with Crippen LogP contribution < -0.4 is 16.1 Å². The van der Waals surface area contributed by atoms with Crippen molar-refractivity contribution in [3.8, 4) is 0 Å². The van der Waals surface area contributed by atoms with Crippen LogP contribution in [-0.2, 0) is 7.05 Å². The second kappa shape index (κ2) is 3.90. The van der Waals surface area contributed by atoms with Crippen LogP contribution in [0.1, 0.15) is 0 Å². The highest BCUT2D eigenvalue weighted by atomic mass is 35.5. The van der Waals surface area contributed by atoms with E-state index in [-0.39, 0.29) is 10.6 Å². The Bertz CT molecular complexity index is 711. The fraction of sp³-hybridized carbons (Fsp3) is 0.0909. The summed E-state index contributed by atoms with van der Waals surface area (Å²) in [5.74, 6) is 0.569. The highest BCUT2D eigenvalue weighted by Crippen LogP contribution is 2.37. The number of halogens is 2. The lowest BCUT2D eigenvalue weighted by Gasteiger charge is -2.23. The monoisotopic (exact) mass is 282 g/mol. The summed E-state index contributed by atoms with van der Waals surface area (Å²) in [7, 11) is 1.71. The van der Waals surface area contributed by atoms with Crippen LogP contribution >= 0.6 is 23.2 Å². The zero-order chi connectivity index (χ0) is 12.9. The van der Waals surface area contributed by atoms with E-state index in [1.54, 1.807) is 19.2 Å². The van der Waals surface area contributed by atoms with Crippen molar-refractivity contribution < 1.29 is 0 Å². The van der Waals surface area contributed by atoms with Gasteiger partial charge in [-0.2, -0.15) is 5.10 Å². The predicted molar refractivity (Wildman–Crippen MR) is 72.5 cm³/mol. The molecule has 0 bridgehead atoms. The maximum Gasteiger partial charge on any atom is 0.244 e. The molecule has 18 heavy (non-hydrogen) atoms. The molecule has 0 atom stereocenters. The van der Waals surface area contributed by atoms with Gasteiger partial charge in [0.05, 0.1) is 11.4 Å². The number of benzene rings is 1. The first kappa shape index (κ1) is 11.4. The maximum atomic E-state index is 11.9. The van der Waals surface area contributed by atoms with Gasteiger partial charge in [0.15, 0.2) is 11.0 Å². The summed E-state index contributed by atoms with van der Waals surface area (Å²) in [6, 6.07) is 5.33. The van der Waals surface area contributed by atoms with E-state index < -0.39 is 0 Å². The first-order chi connectivity index (χ1) is 8.56. The van der Waals surface area contributed by atoms with Crippen molar-refractivity contribution in [3.05, 3.63) is 38.6 Å². The smallest absolute Gasteiger partial charge is 0.244 e. The van der Waals surface area contributed by atoms with Gasteiger partial charge in [0, 0.05) is 12.1 Å². The van der Waals surface area contributed by atoms with Crippen molar-refractivity contribution in [2.75, 3.05) is 10.6 Å². The Balaban J connectivity index is 2.22. The van der Waals surface area contributed by atoms with Crippen molar-refractivity contribution in [2.24, 2.45) is 7.05 Å². The number of nitrogens with zero attached hydrogens (tertiary/aromatic N) is 2. The molecule has 7 heteroatoms. The van der Waals surface area contributed by atoms with E-state index in [0.717, 1.165) is 11.4 Å². The lowest BCUT2D eigenvalue weighted by molar-refractivity contribution is 0.746. The van der Waals surface area contributed by atoms with Crippen molar-refractivity contribution in [1.29, 1.82) is 0 Å². The standard InChI is InChI=1S/C11H8Cl2N4O/c1-17-11-8(9(18)10(13)16-17)14-7-4-5(12)2-3-6(7)15-11/h2-4,14-15H,1H3. The molecular formula is C11H8Cl2N4O. The molecular weight excluding hydrogens is 275 g/mol. The van der Waals surface area contributed by atoms with Gasteiger partial charge in [0.1, 0.15) is 5.69 Å². The second-order valence-electron chi connectivity index (χ2n) is 3.91. The normalized spacial score (nSPS) is 12.2. The number of nitrogens with one attached hydrogen (secondary N) is 2. The quantitative estimate of drug-likeness (QED) is 0.666. The number of anilines is 4. The molecule has 1 aromatic carbocycles. The number of hydrogen-bond acceptors (Lipinski definition) is 4. The van der Waals surface area contributed by atoms with Gasteiger partial charge in [-0.15, -0.1) is 0 Å². The zero-order valence-corrected chi connectivity index (χ0v) is 10.8. The van der Waals surface area contributed by atoms with Crippen LogP contribution in [0.3, 0.4) is 0 Å². The highest BCUT2D eigenvalue weighted by Gasteiger charge is 2.21. The Labute approximate surface area is 112 Å². The summed E-state index contributed by atoms with van der Waals surface area (Å²) in [6.07, 6.45) is 0. The lowest BCUT2D eigenvalue weighted by Crippen LogP contribution is -2.22. The van der Waals surface area contributed by atoms with Gasteiger partial charge >= 0.3 is 0 Å². The van der Waals surface area contributed by atoms with Gasteiger partial charge in [-0.1, -0.05) is 23.2 Å². The Morgan fingerprint density at radius 3 is 2.78 bits per heavy atom. The predicted octanol–water partition coefficient (Wildman–Crippen LogP) is 2.89. The van der Waals surface area contributed by atoms with Gasteiger partial charge in [0.25, 0.3) is 0 Å². The average molecular weight is 283 g/mol. The van der Waals surface area contributed by atoms with Crippen LogP contribution in [0.5, 0.6) is 0 Å². The Hall–Kier alpha value is -1.72. The fourth-order valence-corrected chi connectivity index (χ4v) is 2.23. The van der Waals surface area contributed by atoms with Crippen LogP contribution in [0, 0.1) is 0 Å². The fourth-order valence-electron chi connectivity index (χ4n) is 1.85. The molecule has 0 radical (unpaired) electrons. The van der Waals surface area contributed by atoms with Gasteiger partial charge in [-0.3, -0.25) is 4.79 Å². The Morgan fingerprint density at radius 2 is 2.00 bits per heavy atom. The zero-order valence-electron chi connectivity index (χ0n) is 9.29. The lowest BCUT2D eigenvalue weighted by atomic mass is 10.2. The van der Waals surface area contributed by atoms with Gasteiger partial charge in [-0.05, 0) is 18.2 Å². The Morgan fingerprint density at radius 1 is 1.22 bits per heavy atom. The van der Waals surface area contributed by atoms with Gasteiger partial charge in [-0.25, -0.2) is 4.68 Å². The summed E-state index contributed by atoms with van der Waals surface area (Å²) < 4.78 is 1.52. The number of aromatic nitrogens is 2.